The predicted molar refractivity (Wildman–Crippen MR) is 77.7 cm³/mol. The van der Waals surface area contributed by atoms with Crippen LogP contribution in [0.5, 0.6) is 0 Å². The van der Waals surface area contributed by atoms with Crippen LogP contribution in [0.1, 0.15) is 19.8 Å². The van der Waals surface area contributed by atoms with E-state index in [1.165, 1.54) is 4.57 Å². The van der Waals surface area contributed by atoms with Crippen LogP contribution in [0.4, 0.5) is 5.69 Å². The highest BCUT2D eigenvalue weighted by Crippen LogP contribution is 2.17. The summed E-state index contributed by atoms with van der Waals surface area (Å²) in [5.41, 5.74) is 0.184. The zero-order valence-corrected chi connectivity index (χ0v) is 12.0. The van der Waals surface area contributed by atoms with Crippen molar-refractivity contribution in [3.05, 3.63) is 28.7 Å². The molecule has 2 N–H and O–H groups in total. The number of carbonyl (C=O) groups excluding carboxylic acids is 1. The molecule has 1 aromatic heterocycles. The Bertz CT molecular complexity index is 501. The van der Waals surface area contributed by atoms with Crippen LogP contribution in [0.3, 0.4) is 0 Å². The third-order valence-corrected chi connectivity index (χ3v) is 3.38. The molecule has 2 heterocycles. The molecule has 0 unspecified atom stereocenters. The molecule has 0 radical (unpaired) electrons. The molecule has 0 bridgehead atoms. The molecule has 1 saturated heterocycles. The number of aromatic nitrogens is 1. The summed E-state index contributed by atoms with van der Waals surface area (Å²) in [6.45, 7) is 2.92. The molecule has 1 aliphatic heterocycles. The number of piperidine rings is 1. The van der Waals surface area contributed by atoms with Gasteiger partial charge in [0.1, 0.15) is 5.69 Å². The zero-order chi connectivity index (χ0) is 13.1. The van der Waals surface area contributed by atoms with Gasteiger partial charge in [0.15, 0.2) is 0 Å². The van der Waals surface area contributed by atoms with Crippen LogP contribution in [0.2, 0.25) is 0 Å². The minimum absolute atomic E-state index is 0. The van der Waals surface area contributed by atoms with E-state index in [-0.39, 0.29) is 29.8 Å². The van der Waals surface area contributed by atoms with Crippen LogP contribution in [0.15, 0.2) is 23.1 Å². The average Bonchev–Trinajstić information content (AvgIpc) is 2.35. The number of amides is 1. The Hall–Kier alpha value is -1.33. The lowest BCUT2D eigenvalue weighted by atomic mass is 9.92. The molecule has 5 nitrogen and oxygen atoms in total. The van der Waals surface area contributed by atoms with Gasteiger partial charge in [0, 0.05) is 25.2 Å². The Kier molecular flexibility index (Phi) is 5.57. The SMILES string of the molecule is C[C@H]1C[C@@H](C(=O)Nc2cccn(C)c2=O)CCN1.Cl. The zero-order valence-electron chi connectivity index (χ0n) is 11.2. The Balaban J connectivity index is 0.00000180. The third kappa shape index (κ3) is 3.81. The first-order chi connectivity index (χ1) is 8.58. The lowest BCUT2D eigenvalue weighted by Crippen LogP contribution is -2.40. The molecule has 0 aromatic carbocycles. The molecule has 0 spiro atoms. The molecule has 6 heteroatoms. The highest BCUT2D eigenvalue weighted by Gasteiger charge is 2.25. The van der Waals surface area contributed by atoms with Gasteiger partial charge in [-0.05, 0) is 38.4 Å². The number of halogens is 1. The average molecular weight is 286 g/mol. The van der Waals surface area contributed by atoms with Gasteiger partial charge < -0.3 is 15.2 Å². The largest absolute Gasteiger partial charge is 0.321 e. The molecule has 2 rings (SSSR count). The first-order valence-electron chi connectivity index (χ1n) is 6.28. The summed E-state index contributed by atoms with van der Waals surface area (Å²) >= 11 is 0. The molecule has 1 aromatic rings. The van der Waals surface area contributed by atoms with Gasteiger partial charge in [0.05, 0.1) is 0 Å². The summed E-state index contributed by atoms with van der Waals surface area (Å²) < 4.78 is 1.46. The fraction of sp³-hybridized carbons (Fsp3) is 0.538. The maximum Gasteiger partial charge on any atom is 0.274 e. The van der Waals surface area contributed by atoms with Gasteiger partial charge in [0.2, 0.25) is 5.91 Å². The molecule has 1 aliphatic rings. The van der Waals surface area contributed by atoms with E-state index in [1.807, 2.05) is 0 Å². The second-order valence-corrected chi connectivity index (χ2v) is 4.90. The van der Waals surface area contributed by atoms with Gasteiger partial charge >= 0.3 is 0 Å². The number of carbonyl (C=O) groups is 1. The molecule has 0 aliphatic carbocycles. The van der Waals surface area contributed by atoms with Crippen LogP contribution >= 0.6 is 12.4 Å². The fourth-order valence-electron chi connectivity index (χ4n) is 2.30. The predicted octanol–water partition coefficient (Wildman–Crippen LogP) is 1.13. The summed E-state index contributed by atoms with van der Waals surface area (Å²) in [5, 5.41) is 6.05. The van der Waals surface area contributed by atoms with Crippen molar-refractivity contribution in [2.75, 3.05) is 11.9 Å². The molecule has 106 valence electrons. The van der Waals surface area contributed by atoms with Crippen molar-refractivity contribution >= 4 is 24.0 Å². The number of pyridine rings is 1. The third-order valence-electron chi connectivity index (χ3n) is 3.38. The van der Waals surface area contributed by atoms with Crippen LogP contribution in [0.25, 0.3) is 0 Å². The molecular formula is C13H20ClN3O2. The fourth-order valence-corrected chi connectivity index (χ4v) is 2.30. The Morgan fingerprint density at radius 1 is 1.53 bits per heavy atom. The van der Waals surface area contributed by atoms with Gasteiger partial charge in [-0.3, -0.25) is 9.59 Å². The molecule has 19 heavy (non-hydrogen) atoms. The highest BCUT2D eigenvalue weighted by molar-refractivity contribution is 5.92. The van der Waals surface area contributed by atoms with Gasteiger partial charge in [-0.2, -0.15) is 0 Å². The van der Waals surface area contributed by atoms with Crippen molar-refractivity contribution in [2.24, 2.45) is 13.0 Å². The first-order valence-corrected chi connectivity index (χ1v) is 6.28. The number of anilines is 1. The minimum Gasteiger partial charge on any atom is -0.321 e. The number of nitrogens with one attached hydrogen (secondary N) is 2. The summed E-state index contributed by atoms with van der Waals surface area (Å²) in [5.74, 6) is -0.0576. The maximum absolute atomic E-state index is 12.1. The smallest absolute Gasteiger partial charge is 0.274 e. The second kappa shape index (κ2) is 6.73. The van der Waals surface area contributed by atoms with E-state index in [0.717, 1.165) is 19.4 Å². The summed E-state index contributed by atoms with van der Waals surface area (Å²) in [7, 11) is 1.67. The van der Waals surface area contributed by atoms with E-state index in [1.54, 1.807) is 25.4 Å². The minimum atomic E-state index is -0.173. The molecule has 0 saturated carbocycles. The summed E-state index contributed by atoms with van der Waals surface area (Å²) in [6, 6.07) is 3.75. The summed E-state index contributed by atoms with van der Waals surface area (Å²) in [6.07, 6.45) is 3.31. The van der Waals surface area contributed by atoms with Crippen molar-refractivity contribution in [1.82, 2.24) is 9.88 Å². The second-order valence-electron chi connectivity index (χ2n) is 4.90. The number of hydrogen-bond donors (Lipinski definition) is 2. The van der Waals surface area contributed by atoms with Gasteiger partial charge in [-0.25, -0.2) is 0 Å². The molecule has 2 atom stereocenters. The van der Waals surface area contributed by atoms with Gasteiger partial charge in [0.25, 0.3) is 5.56 Å². The van der Waals surface area contributed by atoms with Crippen LogP contribution in [-0.4, -0.2) is 23.1 Å². The highest BCUT2D eigenvalue weighted by atomic mass is 35.5. The number of hydrogen-bond acceptors (Lipinski definition) is 3. The lowest BCUT2D eigenvalue weighted by molar-refractivity contribution is -0.120. The van der Waals surface area contributed by atoms with Crippen LogP contribution in [-0.2, 0) is 11.8 Å². The number of aryl methyl sites for hydroxylation is 1. The standard InChI is InChI=1S/C13H19N3O2.ClH/c1-9-8-10(5-6-14-9)12(17)15-11-4-3-7-16(2)13(11)18;/h3-4,7,9-10,14H,5-6,8H2,1-2H3,(H,15,17);1H/t9-,10-;/m0./s1. The van der Waals surface area contributed by atoms with E-state index in [0.29, 0.717) is 11.7 Å². The Labute approximate surface area is 118 Å². The lowest BCUT2D eigenvalue weighted by Gasteiger charge is -2.27. The molecular weight excluding hydrogens is 266 g/mol. The van der Waals surface area contributed by atoms with E-state index >= 15 is 0 Å². The van der Waals surface area contributed by atoms with E-state index in [9.17, 15) is 9.59 Å². The number of nitrogens with zero attached hydrogens (tertiary/aromatic N) is 1. The Morgan fingerprint density at radius 2 is 2.26 bits per heavy atom. The number of rotatable bonds is 2. The van der Waals surface area contributed by atoms with E-state index in [2.05, 4.69) is 17.6 Å². The van der Waals surface area contributed by atoms with Gasteiger partial charge in [-0.1, -0.05) is 0 Å². The quantitative estimate of drug-likeness (QED) is 0.856. The van der Waals surface area contributed by atoms with Crippen molar-refractivity contribution in [1.29, 1.82) is 0 Å². The van der Waals surface area contributed by atoms with Crippen molar-refractivity contribution in [2.45, 2.75) is 25.8 Å². The Morgan fingerprint density at radius 3 is 2.95 bits per heavy atom. The topological polar surface area (TPSA) is 63.1 Å². The normalized spacial score (nSPS) is 22.4. The van der Waals surface area contributed by atoms with Crippen molar-refractivity contribution in [3.8, 4) is 0 Å². The van der Waals surface area contributed by atoms with E-state index in [4.69, 9.17) is 0 Å². The molecule has 1 fully saturated rings. The van der Waals surface area contributed by atoms with Crippen molar-refractivity contribution in [3.63, 3.8) is 0 Å². The van der Waals surface area contributed by atoms with Crippen LogP contribution < -0.4 is 16.2 Å². The summed E-state index contributed by atoms with van der Waals surface area (Å²) in [4.78, 5) is 23.9. The first kappa shape index (κ1) is 15.7. The maximum atomic E-state index is 12.1. The molecule has 1 amide bonds. The van der Waals surface area contributed by atoms with Gasteiger partial charge in [-0.15, -0.1) is 12.4 Å². The van der Waals surface area contributed by atoms with Crippen molar-refractivity contribution < 1.29 is 4.79 Å². The van der Waals surface area contributed by atoms with Crippen LogP contribution in [0, 0.1) is 5.92 Å². The van der Waals surface area contributed by atoms with E-state index < -0.39 is 0 Å². The monoisotopic (exact) mass is 285 g/mol.